The van der Waals surface area contributed by atoms with Gasteiger partial charge in [0.2, 0.25) is 5.88 Å². The van der Waals surface area contributed by atoms with E-state index in [-0.39, 0.29) is 17.5 Å². The lowest BCUT2D eigenvalue weighted by atomic mass is 10.0. The van der Waals surface area contributed by atoms with Crippen LogP contribution in [0.5, 0.6) is 23.1 Å². The first-order chi connectivity index (χ1) is 18.7. The lowest BCUT2D eigenvalue weighted by Gasteiger charge is -2.22. The number of aryl methyl sites for hydroxylation is 1. The van der Waals surface area contributed by atoms with Crippen LogP contribution in [0.25, 0.3) is 10.8 Å². The Balaban J connectivity index is 1.91. The molecule has 11 heteroatoms. The summed E-state index contributed by atoms with van der Waals surface area (Å²) in [5, 5.41) is 7.40. The molecule has 1 amide bonds. The second kappa shape index (κ2) is 12.5. The van der Waals surface area contributed by atoms with Gasteiger partial charge in [-0.1, -0.05) is 6.07 Å². The van der Waals surface area contributed by atoms with E-state index >= 15 is 0 Å². The van der Waals surface area contributed by atoms with E-state index in [1.54, 1.807) is 33.0 Å². The van der Waals surface area contributed by atoms with Gasteiger partial charge in [0.15, 0.2) is 11.5 Å². The van der Waals surface area contributed by atoms with Crippen molar-refractivity contribution in [1.82, 2.24) is 10.3 Å². The number of halogens is 3. The molecule has 0 fully saturated rings. The molecule has 1 aromatic heterocycles. The number of hydrogen-bond donors (Lipinski definition) is 2. The number of pyridine rings is 1. The molecule has 0 bridgehead atoms. The van der Waals surface area contributed by atoms with Crippen molar-refractivity contribution in [2.24, 2.45) is 0 Å². The van der Waals surface area contributed by atoms with E-state index in [9.17, 15) is 18.0 Å². The third-order valence-corrected chi connectivity index (χ3v) is 5.91. The Labute approximate surface area is 232 Å². The molecule has 0 aliphatic heterocycles. The molecule has 3 rings (SSSR count). The minimum Gasteiger partial charge on any atom is -0.493 e. The van der Waals surface area contributed by atoms with Crippen molar-refractivity contribution < 1.29 is 36.9 Å². The highest BCUT2D eigenvalue weighted by Crippen LogP contribution is 2.47. The van der Waals surface area contributed by atoms with Gasteiger partial charge in [-0.3, -0.25) is 0 Å². The third kappa shape index (κ3) is 7.83. The number of rotatable bonds is 10. The minimum atomic E-state index is -4.51. The fourth-order valence-electron chi connectivity index (χ4n) is 4.15. The SMILES string of the molecule is COc1cc(NC(C)CCCNC(=O)OC(C)(C)C)c2c(OC)ncc(C)c2c1Oc1cccc(C(F)(F)F)c1. The number of fused-ring (bicyclic) bond motifs is 1. The van der Waals surface area contributed by atoms with Gasteiger partial charge < -0.3 is 29.6 Å². The maximum absolute atomic E-state index is 13.3. The summed E-state index contributed by atoms with van der Waals surface area (Å²) in [6, 6.07) is 6.35. The number of anilines is 1. The molecule has 218 valence electrons. The molecule has 1 atom stereocenters. The predicted octanol–water partition coefficient (Wildman–Crippen LogP) is 7.48. The number of aromatic nitrogens is 1. The first kappa shape index (κ1) is 30.6. The second-order valence-corrected chi connectivity index (χ2v) is 10.4. The van der Waals surface area contributed by atoms with Crippen LogP contribution < -0.4 is 24.8 Å². The van der Waals surface area contributed by atoms with Crippen LogP contribution >= 0.6 is 0 Å². The van der Waals surface area contributed by atoms with E-state index in [4.69, 9.17) is 18.9 Å². The summed E-state index contributed by atoms with van der Waals surface area (Å²) in [5.74, 6) is 0.895. The summed E-state index contributed by atoms with van der Waals surface area (Å²) in [5.41, 5.74) is -0.0169. The highest BCUT2D eigenvalue weighted by Gasteiger charge is 2.31. The average Bonchev–Trinajstić information content (AvgIpc) is 2.86. The normalized spacial score (nSPS) is 12.6. The van der Waals surface area contributed by atoms with Crippen molar-refractivity contribution in [2.75, 3.05) is 26.1 Å². The van der Waals surface area contributed by atoms with Gasteiger partial charge >= 0.3 is 12.3 Å². The number of benzene rings is 2. The fourth-order valence-corrected chi connectivity index (χ4v) is 4.15. The van der Waals surface area contributed by atoms with Crippen molar-refractivity contribution in [1.29, 1.82) is 0 Å². The summed E-state index contributed by atoms with van der Waals surface area (Å²) >= 11 is 0. The van der Waals surface area contributed by atoms with Crippen LogP contribution in [-0.4, -0.2) is 43.5 Å². The number of carbonyl (C=O) groups is 1. The van der Waals surface area contributed by atoms with Gasteiger partial charge in [-0.05, 0) is 71.2 Å². The first-order valence-electron chi connectivity index (χ1n) is 12.9. The number of alkyl halides is 3. The quantitative estimate of drug-likeness (QED) is 0.247. The number of hydrogen-bond acceptors (Lipinski definition) is 7. The maximum Gasteiger partial charge on any atom is 0.416 e. The van der Waals surface area contributed by atoms with Crippen LogP contribution in [0.1, 0.15) is 51.7 Å². The number of ether oxygens (including phenoxy) is 4. The van der Waals surface area contributed by atoms with Gasteiger partial charge in [0.25, 0.3) is 0 Å². The molecule has 0 radical (unpaired) electrons. The lowest BCUT2D eigenvalue weighted by molar-refractivity contribution is -0.137. The Morgan fingerprint density at radius 2 is 1.80 bits per heavy atom. The number of carbonyl (C=O) groups excluding carboxylic acids is 1. The number of methoxy groups -OCH3 is 2. The van der Waals surface area contributed by atoms with E-state index in [0.717, 1.165) is 12.1 Å². The minimum absolute atomic E-state index is 0.0103. The summed E-state index contributed by atoms with van der Waals surface area (Å²) < 4.78 is 62.4. The molecule has 0 spiro atoms. The van der Waals surface area contributed by atoms with Gasteiger partial charge in [-0.25, -0.2) is 9.78 Å². The molecule has 0 aliphatic rings. The smallest absolute Gasteiger partial charge is 0.416 e. The zero-order chi connectivity index (χ0) is 29.7. The molecule has 0 saturated heterocycles. The van der Waals surface area contributed by atoms with Crippen LogP contribution in [0.4, 0.5) is 23.7 Å². The van der Waals surface area contributed by atoms with Crippen LogP contribution in [0.3, 0.4) is 0 Å². The van der Waals surface area contributed by atoms with Crippen molar-refractivity contribution in [2.45, 2.75) is 65.3 Å². The Morgan fingerprint density at radius 3 is 2.42 bits per heavy atom. The second-order valence-electron chi connectivity index (χ2n) is 10.4. The number of alkyl carbamates (subject to hydrolysis) is 1. The average molecular weight is 564 g/mol. The Kier molecular flexibility index (Phi) is 9.60. The largest absolute Gasteiger partial charge is 0.493 e. The summed E-state index contributed by atoms with van der Waals surface area (Å²) in [6.07, 6.45) is -1.97. The molecule has 40 heavy (non-hydrogen) atoms. The summed E-state index contributed by atoms with van der Waals surface area (Å²) in [4.78, 5) is 16.3. The molecule has 8 nitrogen and oxygen atoms in total. The van der Waals surface area contributed by atoms with Crippen molar-refractivity contribution >= 4 is 22.6 Å². The molecular formula is C29H36F3N3O5. The molecular weight excluding hydrogens is 527 g/mol. The monoisotopic (exact) mass is 563 g/mol. The maximum atomic E-state index is 13.3. The van der Waals surface area contributed by atoms with Crippen LogP contribution in [-0.2, 0) is 10.9 Å². The van der Waals surface area contributed by atoms with Gasteiger partial charge in [0.1, 0.15) is 11.4 Å². The number of nitrogens with zero attached hydrogens (tertiary/aromatic N) is 1. The van der Waals surface area contributed by atoms with Gasteiger partial charge in [0, 0.05) is 30.2 Å². The Morgan fingerprint density at radius 1 is 1.07 bits per heavy atom. The molecule has 2 aromatic carbocycles. The van der Waals surface area contributed by atoms with E-state index in [2.05, 4.69) is 15.6 Å². The van der Waals surface area contributed by atoms with Crippen LogP contribution in [0.2, 0.25) is 0 Å². The van der Waals surface area contributed by atoms with Crippen molar-refractivity contribution in [3.63, 3.8) is 0 Å². The Hall–Kier alpha value is -3.89. The highest BCUT2D eigenvalue weighted by atomic mass is 19.4. The molecule has 2 N–H and O–H groups in total. The third-order valence-electron chi connectivity index (χ3n) is 5.91. The molecule has 0 saturated carbocycles. The summed E-state index contributed by atoms with van der Waals surface area (Å²) in [7, 11) is 2.95. The van der Waals surface area contributed by atoms with Gasteiger partial charge in [-0.2, -0.15) is 13.2 Å². The molecule has 1 heterocycles. The summed E-state index contributed by atoms with van der Waals surface area (Å²) in [6.45, 7) is 9.67. The van der Waals surface area contributed by atoms with Crippen LogP contribution in [0, 0.1) is 6.92 Å². The number of amides is 1. The topological polar surface area (TPSA) is 90.9 Å². The standard InChI is InChI=1S/C29H36F3N3O5/c1-17-16-34-26(38-7)24-21(35-18(2)10-9-13-33-27(36)40-28(3,4)5)15-22(37-6)25(23(17)24)39-20-12-8-11-19(14-20)29(30,31)32/h8,11-12,14-16,18,35H,9-10,13H2,1-7H3,(H,33,36). The highest BCUT2D eigenvalue weighted by molar-refractivity contribution is 6.05. The molecule has 3 aromatic rings. The molecule has 0 aliphatic carbocycles. The lowest BCUT2D eigenvalue weighted by Crippen LogP contribution is -2.33. The van der Waals surface area contributed by atoms with Crippen LogP contribution in [0.15, 0.2) is 36.5 Å². The predicted molar refractivity (Wildman–Crippen MR) is 148 cm³/mol. The molecule has 1 unspecified atom stereocenters. The van der Waals surface area contributed by atoms with E-state index in [1.165, 1.54) is 26.4 Å². The van der Waals surface area contributed by atoms with E-state index in [0.29, 0.717) is 53.0 Å². The van der Waals surface area contributed by atoms with Crippen molar-refractivity contribution in [3.05, 3.63) is 47.7 Å². The van der Waals surface area contributed by atoms with E-state index in [1.807, 2.05) is 13.8 Å². The number of nitrogens with one attached hydrogen (secondary N) is 2. The zero-order valence-electron chi connectivity index (χ0n) is 23.8. The van der Waals surface area contributed by atoms with Crippen molar-refractivity contribution in [3.8, 4) is 23.1 Å². The van der Waals surface area contributed by atoms with Gasteiger partial charge in [-0.15, -0.1) is 0 Å². The van der Waals surface area contributed by atoms with E-state index < -0.39 is 23.4 Å². The van der Waals surface area contributed by atoms with Gasteiger partial charge in [0.05, 0.1) is 30.9 Å². The fraction of sp³-hybridized carbons (Fsp3) is 0.448. The first-order valence-corrected chi connectivity index (χ1v) is 12.9. The zero-order valence-corrected chi connectivity index (χ0v) is 23.8. The Bertz CT molecular complexity index is 1340.